The number of benzene rings is 3. The van der Waals surface area contributed by atoms with E-state index < -0.39 is 15.7 Å². The number of sulfone groups is 1. The summed E-state index contributed by atoms with van der Waals surface area (Å²) in [6, 6.07) is 27.5. The second kappa shape index (κ2) is 10.7. The molecule has 1 amide bonds. The van der Waals surface area contributed by atoms with Gasteiger partial charge in [0, 0.05) is 13.1 Å². The number of nitrogens with one attached hydrogen (secondary N) is 1. The van der Waals surface area contributed by atoms with E-state index in [0.29, 0.717) is 6.54 Å². The van der Waals surface area contributed by atoms with Crippen molar-refractivity contribution in [3.8, 4) is 11.1 Å². The van der Waals surface area contributed by atoms with Gasteiger partial charge >= 0.3 is 0 Å². The van der Waals surface area contributed by atoms with E-state index in [1.54, 1.807) is 30.3 Å². The third kappa shape index (κ3) is 6.26. The van der Waals surface area contributed by atoms with Gasteiger partial charge in [0.1, 0.15) is 11.5 Å². The Hall–Kier alpha value is -3.68. The van der Waals surface area contributed by atoms with Gasteiger partial charge in [0.05, 0.1) is 4.90 Å². The second-order valence-corrected chi connectivity index (χ2v) is 10.6. The zero-order valence-electron chi connectivity index (χ0n) is 19.8. The van der Waals surface area contributed by atoms with Crippen LogP contribution in [0.2, 0.25) is 0 Å². The maximum Gasteiger partial charge on any atom is 0.287 e. The normalized spacial score (nSPS) is 11.5. The van der Waals surface area contributed by atoms with Crippen LogP contribution in [0.3, 0.4) is 0 Å². The lowest BCUT2D eigenvalue weighted by atomic mass is 9.98. The number of carbonyl (C=O) groups is 1. The van der Waals surface area contributed by atoms with Crippen LogP contribution in [0.1, 0.15) is 27.4 Å². The van der Waals surface area contributed by atoms with Crippen molar-refractivity contribution >= 4 is 15.7 Å². The summed E-state index contributed by atoms with van der Waals surface area (Å²) in [4.78, 5) is 15.0. The van der Waals surface area contributed by atoms with Gasteiger partial charge in [0.25, 0.3) is 5.91 Å². The van der Waals surface area contributed by atoms with E-state index in [-0.39, 0.29) is 22.2 Å². The molecule has 0 saturated carbocycles. The van der Waals surface area contributed by atoms with Gasteiger partial charge in [-0.3, -0.25) is 4.79 Å². The molecule has 35 heavy (non-hydrogen) atoms. The summed E-state index contributed by atoms with van der Waals surface area (Å²) in [7, 11) is 0.520. The Morgan fingerprint density at radius 1 is 0.857 bits per heavy atom. The molecule has 0 aliphatic rings. The zero-order chi connectivity index (χ0) is 24.8. The third-order valence-electron chi connectivity index (χ3n) is 5.54. The van der Waals surface area contributed by atoms with Gasteiger partial charge in [-0.15, -0.1) is 0 Å². The first-order valence-electron chi connectivity index (χ1n) is 11.3. The van der Waals surface area contributed by atoms with Crippen molar-refractivity contribution in [3.63, 3.8) is 0 Å². The van der Waals surface area contributed by atoms with Crippen molar-refractivity contribution in [2.75, 3.05) is 14.1 Å². The smallest absolute Gasteiger partial charge is 0.287 e. The predicted octanol–water partition coefficient (Wildman–Crippen LogP) is 4.91. The molecule has 0 aliphatic heterocycles. The molecular formula is C28H28N2O4S. The van der Waals surface area contributed by atoms with Crippen LogP contribution in [0, 0.1) is 0 Å². The minimum atomic E-state index is -3.56. The molecule has 0 unspecified atom stereocenters. The molecule has 0 radical (unpaired) electrons. The molecule has 1 heterocycles. The Bertz CT molecular complexity index is 1390. The Morgan fingerprint density at radius 3 is 2.26 bits per heavy atom. The second-order valence-electron chi connectivity index (χ2n) is 8.61. The van der Waals surface area contributed by atoms with Gasteiger partial charge in [-0.05, 0) is 60.6 Å². The molecule has 4 rings (SSSR count). The first-order chi connectivity index (χ1) is 16.8. The van der Waals surface area contributed by atoms with Crippen molar-refractivity contribution in [2.45, 2.75) is 23.7 Å². The quantitative estimate of drug-likeness (QED) is 0.362. The first kappa shape index (κ1) is 24.4. The molecule has 4 aromatic rings. The van der Waals surface area contributed by atoms with Crippen molar-refractivity contribution in [3.05, 3.63) is 114 Å². The fraction of sp³-hybridized carbons (Fsp3) is 0.179. The van der Waals surface area contributed by atoms with Crippen molar-refractivity contribution in [2.24, 2.45) is 0 Å². The summed E-state index contributed by atoms with van der Waals surface area (Å²) in [5.41, 5.74) is 4.31. The Morgan fingerprint density at radius 2 is 1.54 bits per heavy atom. The molecular weight excluding hydrogens is 460 g/mol. The molecule has 180 valence electrons. The molecule has 1 aromatic heterocycles. The zero-order valence-corrected chi connectivity index (χ0v) is 20.6. The van der Waals surface area contributed by atoms with Gasteiger partial charge < -0.3 is 14.6 Å². The van der Waals surface area contributed by atoms with Gasteiger partial charge in [0.2, 0.25) is 0 Å². The summed E-state index contributed by atoms with van der Waals surface area (Å²) in [5, 5.41) is 2.88. The molecule has 0 bridgehead atoms. The highest BCUT2D eigenvalue weighted by molar-refractivity contribution is 7.90. The molecule has 0 atom stereocenters. The Kier molecular flexibility index (Phi) is 7.48. The Labute approximate surface area is 206 Å². The fourth-order valence-electron chi connectivity index (χ4n) is 3.85. The van der Waals surface area contributed by atoms with E-state index in [9.17, 15) is 13.2 Å². The summed E-state index contributed by atoms with van der Waals surface area (Å²) in [5.74, 6) is -0.410. The highest BCUT2D eigenvalue weighted by atomic mass is 32.2. The van der Waals surface area contributed by atoms with E-state index in [1.807, 2.05) is 38.4 Å². The minimum absolute atomic E-state index is 0.0776. The summed E-state index contributed by atoms with van der Waals surface area (Å²) in [6.45, 7) is 1.18. The van der Waals surface area contributed by atoms with Gasteiger partial charge in [-0.2, -0.15) is 0 Å². The van der Waals surface area contributed by atoms with Gasteiger partial charge in [-0.25, -0.2) is 8.42 Å². The van der Waals surface area contributed by atoms with Gasteiger partial charge in [0.15, 0.2) is 15.6 Å². The van der Waals surface area contributed by atoms with Crippen molar-refractivity contribution < 1.29 is 17.6 Å². The average molecular weight is 489 g/mol. The highest BCUT2D eigenvalue weighted by Gasteiger charge is 2.19. The standard InChI is InChI=1S/C28H28N2O4S/c1-30(2)19-21-12-14-22(15-13-21)26-11-7-6-8-23(26)18-29-28(31)27-17-16-24(34-27)20-35(32,33)25-9-4-3-5-10-25/h3-17H,18-20H2,1-2H3,(H,29,31). The maximum absolute atomic E-state index is 12.7. The topological polar surface area (TPSA) is 79.6 Å². The predicted molar refractivity (Wildman–Crippen MR) is 136 cm³/mol. The monoisotopic (exact) mass is 488 g/mol. The number of rotatable bonds is 9. The molecule has 7 heteroatoms. The number of hydrogen-bond donors (Lipinski definition) is 1. The van der Waals surface area contributed by atoms with Crippen LogP contribution in [0.25, 0.3) is 11.1 Å². The fourth-order valence-corrected chi connectivity index (χ4v) is 5.12. The number of carbonyl (C=O) groups excluding carboxylic acids is 1. The van der Waals surface area contributed by atoms with Crippen LogP contribution in [0.4, 0.5) is 0 Å². The molecule has 0 fully saturated rings. The summed E-state index contributed by atoms with van der Waals surface area (Å²) in [6.07, 6.45) is 0. The van der Waals surface area contributed by atoms with Crippen LogP contribution in [0.15, 0.2) is 100 Å². The lowest BCUT2D eigenvalue weighted by Gasteiger charge is -2.13. The van der Waals surface area contributed by atoms with Crippen LogP contribution in [-0.2, 0) is 28.7 Å². The van der Waals surface area contributed by atoms with Gasteiger partial charge in [-0.1, -0.05) is 66.7 Å². The number of amides is 1. The lowest BCUT2D eigenvalue weighted by molar-refractivity contribution is 0.0921. The molecule has 0 saturated heterocycles. The van der Waals surface area contributed by atoms with E-state index in [4.69, 9.17) is 4.42 Å². The average Bonchev–Trinajstić information content (AvgIpc) is 3.31. The molecule has 0 aliphatic carbocycles. The van der Waals surface area contributed by atoms with Crippen LogP contribution in [0.5, 0.6) is 0 Å². The van der Waals surface area contributed by atoms with Crippen LogP contribution < -0.4 is 5.32 Å². The largest absolute Gasteiger partial charge is 0.455 e. The third-order valence-corrected chi connectivity index (χ3v) is 7.20. The lowest BCUT2D eigenvalue weighted by Crippen LogP contribution is -2.22. The summed E-state index contributed by atoms with van der Waals surface area (Å²) < 4.78 is 30.7. The molecule has 0 spiro atoms. The highest BCUT2D eigenvalue weighted by Crippen LogP contribution is 2.25. The minimum Gasteiger partial charge on any atom is -0.455 e. The van der Waals surface area contributed by atoms with E-state index in [2.05, 4.69) is 34.5 Å². The van der Waals surface area contributed by atoms with E-state index >= 15 is 0 Å². The van der Waals surface area contributed by atoms with Crippen LogP contribution >= 0.6 is 0 Å². The van der Waals surface area contributed by atoms with Crippen molar-refractivity contribution in [1.82, 2.24) is 10.2 Å². The number of hydrogen-bond acceptors (Lipinski definition) is 5. The molecule has 1 N–H and O–H groups in total. The van der Waals surface area contributed by atoms with E-state index in [0.717, 1.165) is 23.2 Å². The summed E-state index contributed by atoms with van der Waals surface area (Å²) >= 11 is 0. The van der Waals surface area contributed by atoms with Crippen LogP contribution in [-0.4, -0.2) is 33.3 Å². The van der Waals surface area contributed by atoms with E-state index in [1.165, 1.54) is 17.7 Å². The van der Waals surface area contributed by atoms with Crippen molar-refractivity contribution in [1.29, 1.82) is 0 Å². The molecule has 3 aromatic carbocycles. The number of nitrogens with zero attached hydrogens (tertiary/aromatic N) is 1. The maximum atomic E-state index is 12.7. The Balaban J connectivity index is 1.42. The molecule has 6 nitrogen and oxygen atoms in total. The first-order valence-corrected chi connectivity index (χ1v) is 12.9. The number of furan rings is 1. The SMILES string of the molecule is CN(C)Cc1ccc(-c2ccccc2CNC(=O)c2ccc(CS(=O)(=O)c3ccccc3)o2)cc1.